The number of hydrogen-bond donors (Lipinski definition) is 0. The van der Waals surface area contributed by atoms with Crippen LogP contribution in [-0.4, -0.2) is 22.2 Å². The van der Waals surface area contributed by atoms with E-state index in [1.54, 1.807) is 12.1 Å². The minimum absolute atomic E-state index is 0.0275. The Labute approximate surface area is 159 Å². The number of piperidine rings is 1. The van der Waals surface area contributed by atoms with E-state index in [0.717, 1.165) is 37.7 Å². The van der Waals surface area contributed by atoms with E-state index in [9.17, 15) is 9.18 Å². The predicted molar refractivity (Wildman–Crippen MR) is 102 cm³/mol. The van der Waals surface area contributed by atoms with Crippen molar-refractivity contribution in [1.82, 2.24) is 4.90 Å². The molecule has 0 aromatic heterocycles. The van der Waals surface area contributed by atoms with Gasteiger partial charge in [-0.1, -0.05) is 43.2 Å². The smallest absolute Gasteiger partial charge is 0.254 e. The van der Waals surface area contributed by atoms with Crippen molar-refractivity contribution < 1.29 is 9.18 Å². The van der Waals surface area contributed by atoms with Gasteiger partial charge in [0.15, 0.2) is 0 Å². The van der Waals surface area contributed by atoms with Crippen LogP contribution < -0.4 is 0 Å². The Morgan fingerprint density at radius 3 is 2.50 bits per heavy atom. The number of amides is 1. The highest BCUT2D eigenvalue weighted by molar-refractivity contribution is 6.24. The minimum atomic E-state index is -0.327. The number of likely N-dealkylation sites (tertiary alicyclic amines) is 1. The number of halogens is 2. The molecule has 2 fully saturated rings. The zero-order valence-electron chi connectivity index (χ0n) is 14.7. The molecule has 1 saturated carbocycles. The highest BCUT2D eigenvalue weighted by atomic mass is 35.5. The fourth-order valence-electron chi connectivity index (χ4n) is 4.69. The molecule has 136 valence electrons. The van der Waals surface area contributed by atoms with Crippen molar-refractivity contribution in [2.75, 3.05) is 6.54 Å². The van der Waals surface area contributed by atoms with Gasteiger partial charge in [0.1, 0.15) is 5.82 Å². The molecule has 26 heavy (non-hydrogen) atoms. The van der Waals surface area contributed by atoms with Crippen LogP contribution in [0.25, 0.3) is 0 Å². The highest BCUT2D eigenvalue weighted by Crippen LogP contribution is 2.52. The molecule has 2 aliphatic rings. The Kier molecular flexibility index (Phi) is 4.74. The number of nitrogens with zero attached hydrogens (tertiary/aromatic N) is 1. The van der Waals surface area contributed by atoms with Crippen molar-refractivity contribution in [1.29, 1.82) is 0 Å². The second-order valence-electron chi connectivity index (χ2n) is 7.50. The maximum absolute atomic E-state index is 13.3. The highest BCUT2D eigenvalue weighted by Gasteiger charge is 2.50. The average molecular weight is 372 g/mol. The van der Waals surface area contributed by atoms with E-state index in [2.05, 4.69) is 12.1 Å². The first-order valence-corrected chi connectivity index (χ1v) is 9.77. The largest absolute Gasteiger partial charge is 0.331 e. The summed E-state index contributed by atoms with van der Waals surface area (Å²) in [5.41, 5.74) is 1.67. The van der Waals surface area contributed by atoms with Gasteiger partial charge in [-0.05, 0) is 49.1 Å². The second-order valence-corrected chi connectivity index (χ2v) is 8.25. The lowest BCUT2D eigenvalue weighted by Crippen LogP contribution is -2.53. The fourth-order valence-corrected chi connectivity index (χ4v) is 5.14. The summed E-state index contributed by atoms with van der Waals surface area (Å²) in [4.78, 5) is 15.0. The van der Waals surface area contributed by atoms with Gasteiger partial charge in [0.05, 0.1) is 10.9 Å². The third-order valence-corrected chi connectivity index (χ3v) is 6.66. The number of rotatable bonds is 2. The molecule has 4 rings (SSSR count). The quantitative estimate of drug-likeness (QED) is 0.631. The Morgan fingerprint density at radius 1 is 1.04 bits per heavy atom. The van der Waals surface area contributed by atoms with Gasteiger partial charge in [0, 0.05) is 18.0 Å². The molecule has 1 amide bonds. The number of benzene rings is 2. The van der Waals surface area contributed by atoms with E-state index in [1.807, 2.05) is 23.1 Å². The Hall–Kier alpha value is -1.87. The summed E-state index contributed by atoms with van der Waals surface area (Å²) in [5.74, 6) is -0.117. The van der Waals surface area contributed by atoms with Crippen LogP contribution in [0.1, 0.15) is 54.1 Å². The summed E-state index contributed by atoms with van der Waals surface area (Å²) in [5, 5.41) is 0. The monoisotopic (exact) mass is 371 g/mol. The van der Waals surface area contributed by atoms with Crippen molar-refractivity contribution in [2.45, 2.75) is 43.0 Å². The number of fused-ring (bicyclic) bond motifs is 1. The molecule has 4 heteroatoms. The molecular weight excluding hydrogens is 349 g/mol. The van der Waals surface area contributed by atoms with E-state index in [1.165, 1.54) is 12.1 Å². The molecule has 1 aliphatic carbocycles. The molecule has 0 N–H and O–H groups in total. The van der Waals surface area contributed by atoms with Gasteiger partial charge < -0.3 is 4.90 Å². The first kappa shape index (κ1) is 17.5. The lowest BCUT2D eigenvalue weighted by Gasteiger charge is -2.52. The van der Waals surface area contributed by atoms with Gasteiger partial charge in [0.25, 0.3) is 5.91 Å². The normalized spacial score (nSPS) is 28.5. The van der Waals surface area contributed by atoms with Gasteiger partial charge in [0.2, 0.25) is 0 Å². The van der Waals surface area contributed by atoms with Crippen LogP contribution in [0.2, 0.25) is 0 Å². The van der Waals surface area contributed by atoms with Crippen molar-refractivity contribution in [3.8, 4) is 0 Å². The van der Waals surface area contributed by atoms with Crippen LogP contribution in [0.3, 0.4) is 0 Å². The Morgan fingerprint density at radius 2 is 1.77 bits per heavy atom. The lowest BCUT2D eigenvalue weighted by molar-refractivity contribution is 0.0279. The summed E-state index contributed by atoms with van der Waals surface area (Å²) in [6, 6.07) is 16.0. The van der Waals surface area contributed by atoms with Crippen LogP contribution in [0.5, 0.6) is 0 Å². The molecular formula is C22H23ClFNO. The summed E-state index contributed by atoms with van der Waals surface area (Å²) in [6.07, 6.45) is 5.18. The van der Waals surface area contributed by atoms with Crippen molar-refractivity contribution in [3.63, 3.8) is 0 Å². The first-order chi connectivity index (χ1) is 12.6. The molecule has 2 nitrogen and oxygen atoms in total. The van der Waals surface area contributed by atoms with Gasteiger partial charge in [-0.3, -0.25) is 4.79 Å². The third-order valence-electron chi connectivity index (χ3n) is 6.00. The van der Waals surface area contributed by atoms with Gasteiger partial charge in [-0.15, -0.1) is 11.6 Å². The van der Waals surface area contributed by atoms with E-state index in [4.69, 9.17) is 11.6 Å². The van der Waals surface area contributed by atoms with Crippen LogP contribution in [0.15, 0.2) is 54.6 Å². The third kappa shape index (κ3) is 3.14. The van der Waals surface area contributed by atoms with Gasteiger partial charge in [-0.25, -0.2) is 4.39 Å². The van der Waals surface area contributed by atoms with E-state index in [0.29, 0.717) is 12.1 Å². The van der Waals surface area contributed by atoms with E-state index in [-0.39, 0.29) is 28.6 Å². The molecule has 3 atom stereocenters. The van der Waals surface area contributed by atoms with Gasteiger partial charge in [-0.2, -0.15) is 0 Å². The molecule has 1 saturated heterocycles. The minimum Gasteiger partial charge on any atom is -0.331 e. The Bertz CT molecular complexity index is 778. The van der Waals surface area contributed by atoms with Crippen molar-refractivity contribution in [3.05, 3.63) is 71.5 Å². The number of alkyl halides is 1. The van der Waals surface area contributed by atoms with E-state index < -0.39 is 0 Å². The summed E-state index contributed by atoms with van der Waals surface area (Å²) in [6.45, 7) is 0.635. The number of carbonyl (C=O) groups excluding carboxylic acids is 1. The molecule has 0 spiro atoms. The molecule has 2 aromatic rings. The molecule has 1 aliphatic heterocycles. The summed E-state index contributed by atoms with van der Waals surface area (Å²) < 4.78 is 13.3. The molecule has 0 radical (unpaired) electrons. The summed E-state index contributed by atoms with van der Waals surface area (Å²) in [7, 11) is 0. The zero-order valence-corrected chi connectivity index (χ0v) is 15.5. The SMILES string of the molecule is O=C(c1ccc(F)cc1)N1CC[C@]2(Cl)CCCC[C@@H]2[C@@H]1c1ccccc1. The number of carbonyl (C=O) groups is 1. The van der Waals surface area contributed by atoms with E-state index >= 15 is 0 Å². The molecule has 2 aromatic carbocycles. The zero-order chi connectivity index (χ0) is 18.1. The first-order valence-electron chi connectivity index (χ1n) is 9.39. The molecule has 1 heterocycles. The van der Waals surface area contributed by atoms with Crippen molar-refractivity contribution >= 4 is 17.5 Å². The Balaban J connectivity index is 1.72. The second kappa shape index (κ2) is 7.03. The van der Waals surface area contributed by atoms with Crippen molar-refractivity contribution in [2.24, 2.45) is 5.92 Å². The topological polar surface area (TPSA) is 20.3 Å². The predicted octanol–water partition coefficient (Wildman–Crippen LogP) is 5.58. The van der Waals surface area contributed by atoms with Crippen LogP contribution in [-0.2, 0) is 0 Å². The van der Waals surface area contributed by atoms with Crippen LogP contribution >= 0.6 is 11.6 Å². The van der Waals surface area contributed by atoms with Crippen LogP contribution in [0, 0.1) is 11.7 Å². The maximum atomic E-state index is 13.3. The average Bonchev–Trinajstić information content (AvgIpc) is 2.67. The molecule has 0 unspecified atom stereocenters. The standard InChI is InChI=1S/C22H23ClFNO/c23-22-13-5-4-8-19(22)20(16-6-2-1-3-7-16)25(15-14-22)21(26)17-9-11-18(24)12-10-17/h1-3,6-7,9-12,19-20H,4-5,8,13-15H2/t19-,20+,22-/m1/s1. The van der Waals surface area contributed by atoms with Gasteiger partial charge >= 0.3 is 0 Å². The molecule has 0 bridgehead atoms. The maximum Gasteiger partial charge on any atom is 0.254 e. The fraction of sp³-hybridized carbons (Fsp3) is 0.409. The number of hydrogen-bond acceptors (Lipinski definition) is 1. The van der Waals surface area contributed by atoms with Crippen LogP contribution in [0.4, 0.5) is 4.39 Å². The lowest BCUT2D eigenvalue weighted by atomic mass is 9.68. The summed E-state index contributed by atoms with van der Waals surface area (Å²) >= 11 is 7.07.